The first-order chi connectivity index (χ1) is 32.8. The monoisotopic (exact) mass is 895 g/mol. The van der Waals surface area contributed by atoms with E-state index in [1.54, 1.807) is 0 Å². The number of rotatable bonds is 8. The standard InChI is InChI=1S/2C24H20B.8C2H6.CH4/c2*1-5-13-21(14-6-1)25(22-15-7-2-8-16-22,23-17-9-3-10-18-23)24-19-11-4-12-20-24;8*1-2;/h2*1-20H;8*1-2H3;1H4/q2*-1;;;;;;;;;. The second kappa shape index (κ2) is 42.5. The third-order valence-corrected chi connectivity index (χ3v) is 10.4. The Morgan fingerprint density at radius 3 is 0.299 bits per heavy atom. The zero-order valence-electron chi connectivity index (χ0n) is 44.2. The van der Waals surface area contributed by atoms with Crippen LogP contribution in [0.2, 0.25) is 0 Å². The van der Waals surface area contributed by atoms with Crippen LogP contribution in [-0.2, 0) is 0 Å². The van der Waals surface area contributed by atoms with E-state index in [4.69, 9.17) is 0 Å². The molecule has 2 heteroatoms. The van der Waals surface area contributed by atoms with Crippen LogP contribution >= 0.6 is 0 Å². The molecule has 0 bridgehead atoms. The lowest BCUT2D eigenvalue weighted by Crippen LogP contribution is -2.74. The fraction of sp³-hybridized carbons (Fsp3) is 0.262. The maximum absolute atomic E-state index is 2.26. The number of hydrogen-bond acceptors (Lipinski definition) is 0. The molecule has 0 aliphatic heterocycles. The molecule has 0 aliphatic rings. The van der Waals surface area contributed by atoms with Gasteiger partial charge < -0.3 is 0 Å². The van der Waals surface area contributed by atoms with Gasteiger partial charge >= 0.3 is 0 Å². The van der Waals surface area contributed by atoms with E-state index < -0.39 is 12.3 Å². The molecule has 0 saturated heterocycles. The summed E-state index contributed by atoms with van der Waals surface area (Å²) in [7, 11) is 0. The summed E-state index contributed by atoms with van der Waals surface area (Å²) in [5.74, 6) is 0. The second-order valence-corrected chi connectivity index (χ2v) is 13.0. The highest BCUT2D eigenvalue weighted by atomic mass is 14.1. The van der Waals surface area contributed by atoms with Crippen molar-refractivity contribution in [2.75, 3.05) is 0 Å². The highest BCUT2D eigenvalue weighted by Crippen LogP contribution is 2.11. The Labute approximate surface area is 414 Å². The van der Waals surface area contributed by atoms with Crippen molar-refractivity contribution in [3.8, 4) is 0 Å². The molecule has 67 heavy (non-hydrogen) atoms. The highest BCUT2D eigenvalue weighted by molar-refractivity contribution is 7.20. The minimum absolute atomic E-state index is 0. The van der Waals surface area contributed by atoms with Crippen molar-refractivity contribution >= 4 is 56.0 Å². The van der Waals surface area contributed by atoms with Gasteiger partial charge in [-0.15, -0.1) is 0 Å². The van der Waals surface area contributed by atoms with Gasteiger partial charge in [0.15, 0.2) is 0 Å². The predicted octanol–water partition coefficient (Wildman–Crippen LogP) is 15.0. The molecule has 8 aromatic rings. The van der Waals surface area contributed by atoms with E-state index in [0.717, 1.165) is 0 Å². The van der Waals surface area contributed by atoms with Gasteiger partial charge in [0.25, 0.3) is 0 Å². The largest absolute Gasteiger partial charge is 0.195 e. The Morgan fingerprint density at radius 1 is 0.149 bits per heavy atom. The zero-order chi connectivity index (χ0) is 49.9. The van der Waals surface area contributed by atoms with Gasteiger partial charge in [-0.05, 0) is 0 Å². The fourth-order valence-corrected chi connectivity index (χ4v) is 8.24. The molecule has 0 unspecified atom stereocenters. The number of hydrogen-bond donors (Lipinski definition) is 0. The molecular weight excluding hydrogens is 802 g/mol. The van der Waals surface area contributed by atoms with Gasteiger partial charge in [-0.3, -0.25) is 0 Å². The van der Waals surface area contributed by atoms with Crippen molar-refractivity contribution in [3.63, 3.8) is 0 Å². The van der Waals surface area contributed by atoms with Gasteiger partial charge in [0.05, 0.1) is 0 Å². The minimum atomic E-state index is -1.22. The molecule has 0 amide bonds. The molecular formula is C65H92B2-2. The molecule has 0 N–H and O–H groups in total. The Bertz CT molecular complexity index is 1670. The van der Waals surface area contributed by atoms with Crippen molar-refractivity contribution in [1.29, 1.82) is 0 Å². The molecule has 0 radical (unpaired) electrons. The Balaban J connectivity index is -0.000000932. The molecule has 0 atom stereocenters. The van der Waals surface area contributed by atoms with E-state index in [1.807, 2.05) is 111 Å². The zero-order valence-corrected chi connectivity index (χ0v) is 44.2. The van der Waals surface area contributed by atoms with Crippen molar-refractivity contribution in [1.82, 2.24) is 0 Å². The molecule has 360 valence electrons. The summed E-state index contributed by atoms with van der Waals surface area (Å²) in [6.45, 7) is 32.0. The minimum Gasteiger partial charge on any atom is -0.195 e. The first kappa shape index (κ1) is 65.2. The molecule has 0 aliphatic carbocycles. The average molecular weight is 895 g/mol. The smallest absolute Gasteiger partial charge is 0.108 e. The average Bonchev–Trinajstić information content (AvgIpc) is 3.46. The molecule has 0 nitrogen and oxygen atoms in total. The molecule has 0 aromatic heterocycles. The predicted molar refractivity (Wildman–Crippen MR) is 318 cm³/mol. The Hall–Kier alpha value is -6.11. The summed E-state index contributed by atoms with van der Waals surface area (Å²) in [5.41, 5.74) is 10.7. The van der Waals surface area contributed by atoms with Crippen LogP contribution in [0.25, 0.3) is 0 Å². The maximum atomic E-state index is 2.26. The van der Waals surface area contributed by atoms with E-state index in [-0.39, 0.29) is 7.43 Å². The highest BCUT2D eigenvalue weighted by Gasteiger charge is 2.32. The molecule has 8 aromatic carbocycles. The topological polar surface area (TPSA) is 0 Å². The van der Waals surface area contributed by atoms with Crippen molar-refractivity contribution < 1.29 is 0 Å². The summed E-state index contributed by atoms with van der Waals surface area (Å²) in [6, 6.07) is 87.1. The third kappa shape index (κ3) is 17.9. The van der Waals surface area contributed by atoms with Crippen LogP contribution in [0, 0.1) is 0 Å². The normalized spacial score (nSPS) is 9.07. The van der Waals surface area contributed by atoms with E-state index >= 15 is 0 Å². The van der Waals surface area contributed by atoms with Crippen LogP contribution in [0.1, 0.15) is 118 Å². The van der Waals surface area contributed by atoms with Gasteiger partial charge in [-0.25, -0.2) is 0 Å². The van der Waals surface area contributed by atoms with E-state index in [9.17, 15) is 0 Å². The molecule has 8 rings (SSSR count). The van der Waals surface area contributed by atoms with Crippen LogP contribution in [0.3, 0.4) is 0 Å². The van der Waals surface area contributed by atoms with Gasteiger partial charge in [0.1, 0.15) is 12.3 Å². The summed E-state index contributed by atoms with van der Waals surface area (Å²) in [4.78, 5) is 0. The third-order valence-electron chi connectivity index (χ3n) is 10.4. The summed E-state index contributed by atoms with van der Waals surface area (Å²) < 4.78 is 0. The number of benzene rings is 8. The summed E-state index contributed by atoms with van der Waals surface area (Å²) in [5, 5.41) is 0. The lowest BCUT2D eigenvalue weighted by atomic mass is 9.13. The van der Waals surface area contributed by atoms with Crippen LogP contribution in [0.15, 0.2) is 243 Å². The van der Waals surface area contributed by atoms with Gasteiger partial charge in [0, 0.05) is 0 Å². The molecule has 0 spiro atoms. The van der Waals surface area contributed by atoms with E-state index in [0.29, 0.717) is 0 Å². The lowest BCUT2D eigenvalue weighted by molar-refractivity contribution is 1.50. The molecule has 0 saturated carbocycles. The van der Waals surface area contributed by atoms with Gasteiger partial charge in [-0.1, -0.05) is 361 Å². The quantitative estimate of drug-likeness (QED) is 0.133. The van der Waals surface area contributed by atoms with E-state index in [2.05, 4.69) is 243 Å². The van der Waals surface area contributed by atoms with Crippen LogP contribution in [-0.4, -0.2) is 12.3 Å². The summed E-state index contributed by atoms with van der Waals surface area (Å²) >= 11 is 0. The second-order valence-electron chi connectivity index (χ2n) is 13.0. The fourth-order valence-electron chi connectivity index (χ4n) is 8.24. The van der Waals surface area contributed by atoms with Crippen LogP contribution in [0.4, 0.5) is 0 Å². The van der Waals surface area contributed by atoms with Crippen LogP contribution < -0.4 is 43.7 Å². The lowest BCUT2D eigenvalue weighted by Gasteiger charge is -2.44. The van der Waals surface area contributed by atoms with E-state index in [1.165, 1.54) is 43.7 Å². The SMILES string of the molecule is C.CC.CC.CC.CC.CC.CC.CC.CC.c1ccc([B-](c2ccccc2)(c2ccccc2)c2ccccc2)cc1.c1ccc([B-](c2ccccc2)(c2ccccc2)c2ccccc2)cc1. The van der Waals surface area contributed by atoms with Crippen molar-refractivity contribution in [2.24, 2.45) is 0 Å². The van der Waals surface area contributed by atoms with Crippen LogP contribution in [0.5, 0.6) is 0 Å². The van der Waals surface area contributed by atoms with Gasteiger partial charge in [-0.2, -0.15) is 43.7 Å². The maximum Gasteiger partial charge on any atom is 0.108 e. The van der Waals surface area contributed by atoms with Crippen molar-refractivity contribution in [2.45, 2.75) is 118 Å². The first-order valence-corrected chi connectivity index (χ1v) is 25.6. The Kier molecular flexibility index (Phi) is 41.4. The first-order valence-electron chi connectivity index (χ1n) is 25.6. The van der Waals surface area contributed by atoms with Gasteiger partial charge in [0.2, 0.25) is 0 Å². The molecule has 0 fully saturated rings. The molecule has 0 heterocycles. The summed E-state index contributed by atoms with van der Waals surface area (Å²) in [6.07, 6.45) is -2.43. The Morgan fingerprint density at radius 2 is 0.224 bits per heavy atom. The van der Waals surface area contributed by atoms with Crippen molar-refractivity contribution in [3.05, 3.63) is 243 Å².